The van der Waals surface area contributed by atoms with Crippen LogP contribution in [0.15, 0.2) is 41.8 Å². The Morgan fingerprint density at radius 3 is 2.81 bits per heavy atom. The second-order valence-electron chi connectivity index (χ2n) is 5.14. The molecule has 0 saturated heterocycles. The molecule has 2 aromatic rings. The van der Waals surface area contributed by atoms with Crippen molar-refractivity contribution in [2.75, 3.05) is 5.75 Å². The van der Waals surface area contributed by atoms with Gasteiger partial charge in [-0.25, -0.2) is 9.67 Å². The van der Waals surface area contributed by atoms with E-state index in [0.29, 0.717) is 17.0 Å². The molecule has 0 spiro atoms. The molecule has 5 nitrogen and oxygen atoms in total. The van der Waals surface area contributed by atoms with Crippen LogP contribution in [0.1, 0.15) is 25.7 Å². The van der Waals surface area contributed by atoms with Crippen LogP contribution in [0.5, 0.6) is 0 Å². The van der Waals surface area contributed by atoms with Gasteiger partial charge in [0.05, 0.1) is 11.4 Å². The van der Waals surface area contributed by atoms with Crippen molar-refractivity contribution >= 4 is 17.7 Å². The standard InChI is InChI=1S/C15H18N4OS/c20-14(17-12-6-4-5-7-12)10-21-15-16-11-19(18-15)13-8-2-1-3-9-13/h1-3,8-9,11-12H,4-7,10H2,(H,17,20). The van der Waals surface area contributed by atoms with Crippen LogP contribution < -0.4 is 5.32 Å². The van der Waals surface area contributed by atoms with Crippen molar-refractivity contribution < 1.29 is 4.79 Å². The molecule has 21 heavy (non-hydrogen) atoms. The predicted molar refractivity (Wildman–Crippen MR) is 82.5 cm³/mol. The highest BCUT2D eigenvalue weighted by Crippen LogP contribution is 2.18. The maximum Gasteiger partial charge on any atom is 0.230 e. The molecular weight excluding hydrogens is 284 g/mol. The Labute approximate surface area is 128 Å². The summed E-state index contributed by atoms with van der Waals surface area (Å²) in [5.41, 5.74) is 0.965. The fraction of sp³-hybridized carbons (Fsp3) is 0.400. The number of nitrogens with one attached hydrogen (secondary N) is 1. The molecular formula is C15H18N4OS. The Morgan fingerprint density at radius 1 is 1.29 bits per heavy atom. The van der Waals surface area contributed by atoms with Crippen LogP contribution in [-0.4, -0.2) is 32.5 Å². The van der Waals surface area contributed by atoms with Gasteiger partial charge in [0.15, 0.2) is 0 Å². The smallest absolute Gasteiger partial charge is 0.230 e. The first-order valence-corrected chi connectivity index (χ1v) is 8.19. The van der Waals surface area contributed by atoms with E-state index in [1.807, 2.05) is 30.3 Å². The molecule has 1 saturated carbocycles. The van der Waals surface area contributed by atoms with Gasteiger partial charge in [0, 0.05) is 6.04 Å². The molecule has 6 heteroatoms. The molecule has 1 aliphatic rings. The highest BCUT2D eigenvalue weighted by Gasteiger charge is 2.17. The van der Waals surface area contributed by atoms with E-state index < -0.39 is 0 Å². The molecule has 0 bridgehead atoms. The molecule has 1 N–H and O–H groups in total. The summed E-state index contributed by atoms with van der Waals surface area (Å²) in [4.78, 5) is 16.1. The number of amides is 1. The number of para-hydroxylation sites is 1. The van der Waals surface area contributed by atoms with Gasteiger partial charge in [-0.05, 0) is 25.0 Å². The van der Waals surface area contributed by atoms with Gasteiger partial charge in [0.25, 0.3) is 0 Å². The first-order chi connectivity index (χ1) is 10.3. The molecule has 1 aromatic carbocycles. The first kappa shape index (κ1) is 14.1. The minimum atomic E-state index is 0.0722. The van der Waals surface area contributed by atoms with E-state index in [9.17, 15) is 4.79 Å². The summed E-state index contributed by atoms with van der Waals surface area (Å²) in [5, 5.41) is 8.06. The van der Waals surface area contributed by atoms with Crippen LogP contribution >= 0.6 is 11.8 Å². The highest BCUT2D eigenvalue weighted by atomic mass is 32.2. The van der Waals surface area contributed by atoms with Crippen molar-refractivity contribution in [3.63, 3.8) is 0 Å². The van der Waals surface area contributed by atoms with Gasteiger partial charge in [0.1, 0.15) is 6.33 Å². The SMILES string of the molecule is O=C(CSc1ncn(-c2ccccc2)n1)NC1CCCC1. The second kappa shape index (κ2) is 6.76. The third-order valence-electron chi connectivity index (χ3n) is 3.54. The number of carbonyl (C=O) groups excluding carboxylic acids is 1. The van der Waals surface area contributed by atoms with Gasteiger partial charge in [-0.15, -0.1) is 5.10 Å². The predicted octanol–water partition coefficient (Wildman–Crippen LogP) is 2.42. The third-order valence-corrected chi connectivity index (χ3v) is 4.40. The van der Waals surface area contributed by atoms with Crippen molar-refractivity contribution in [1.82, 2.24) is 20.1 Å². The lowest BCUT2D eigenvalue weighted by molar-refractivity contribution is -0.119. The molecule has 110 valence electrons. The number of carbonyl (C=O) groups is 1. The number of hydrogen-bond acceptors (Lipinski definition) is 4. The number of benzene rings is 1. The fourth-order valence-electron chi connectivity index (χ4n) is 2.49. The summed E-state index contributed by atoms with van der Waals surface area (Å²) in [6, 6.07) is 10.2. The Balaban J connectivity index is 1.51. The Morgan fingerprint density at radius 2 is 2.05 bits per heavy atom. The zero-order valence-corrected chi connectivity index (χ0v) is 12.6. The van der Waals surface area contributed by atoms with Gasteiger partial charge in [-0.1, -0.05) is 42.8 Å². The number of rotatable bonds is 5. The molecule has 1 aromatic heterocycles. The quantitative estimate of drug-likeness (QED) is 0.862. The zero-order chi connectivity index (χ0) is 14.5. The lowest BCUT2D eigenvalue weighted by Gasteiger charge is -2.10. The van der Waals surface area contributed by atoms with Gasteiger partial charge >= 0.3 is 0 Å². The second-order valence-corrected chi connectivity index (χ2v) is 6.09. The zero-order valence-electron chi connectivity index (χ0n) is 11.7. The van der Waals surface area contributed by atoms with E-state index in [0.717, 1.165) is 18.5 Å². The minimum Gasteiger partial charge on any atom is -0.353 e. The normalized spacial score (nSPS) is 15.2. The summed E-state index contributed by atoms with van der Waals surface area (Å²) >= 11 is 1.37. The average molecular weight is 302 g/mol. The summed E-state index contributed by atoms with van der Waals surface area (Å²) in [7, 11) is 0. The summed E-state index contributed by atoms with van der Waals surface area (Å²) in [6.07, 6.45) is 6.34. The number of aromatic nitrogens is 3. The van der Waals surface area contributed by atoms with Crippen molar-refractivity contribution in [2.45, 2.75) is 36.9 Å². The average Bonchev–Trinajstić information content (AvgIpc) is 3.17. The van der Waals surface area contributed by atoms with Crippen LogP contribution in [0, 0.1) is 0 Å². The molecule has 0 radical (unpaired) electrons. The van der Waals surface area contributed by atoms with Gasteiger partial charge < -0.3 is 5.32 Å². The van der Waals surface area contributed by atoms with Crippen LogP contribution in [0.2, 0.25) is 0 Å². The summed E-state index contributed by atoms with van der Waals surface area (Å²) in [6.45, 7) is 0. The molecule has 0 unspecified atom stereocenters. The fourth-order valence-corrected chi connectivity index (χ4v) is 3.10. The maximum atomic E-state index is 11.9. The lowest BCUT2D eigenvalue weighted by Crippen LogP contribution is -2.33. The molecule has 1 heterocycles. The van der Waals surface area contributed by atoms with Gasteiger partial charge in [0.2, 0.25) is 11.1 Å². The Kier molecular flexibility index (Phi) is 4.55. The maximum absolute atomic E-state index is 11.9. The van der Waals surface area contributed by atoms with E-state index in [2.05, 4.69) is 15.4 Å². The van der Waals surface area contributed by atoms with E-state index in [1.54, 1.807) is 11.0 Å². The third kappa shape index (κ3) is 3.85. The van der Waals surface area contributed by atoms with Crippen LogP contribution in [0.25, 0.3) is 5.69 Å². The van der Waals surface area contributed by atoms with E-state index in [1.165, 1.54) is 24.6 Å². The van der Waals surface area contributed by atoms with Crippen LogP contribution in [0.3, 0.4) is 0 Å². The molecule has 3 rings (SSSR count). The highest BCUT2D eigenvalue weighted by molar-refractivity contribution is 7.99. The molecule has 0 atom stereocenters. The van der Waals surface area contributed by atoms with E-state index in [4.69, 9.17) is 0 Å². The molecule has 1 fully saturated rings. The monoisotopic (exact) mass is 302 g/mol. The summed E-state index contributed by atoms with van der Waals surface area (Å²) < 4.78 is 1.72. The topological polar surface area (TPSA) is 59.8 Å². The molecule has 0 aliphatic heterocycles. The molecule has 1 amide bonds. The number of hydrogen-bond donors (Lipinski definition) is 1. The lowest BCUT2D eigenvalue weighted by atomic mass is 10.2. The van der Waals surface area contributed by atoms with Crippen molar-refractivity contribution in [3.8, 4) is 5.69 Å². The van der Waals surface area contributed by atoms with E-state index >= 15 is 0 Å². The number of thioether (sulfide) groups is 1. The van der Waals surface area contributed by atoms with E-state index in [-0.39, 0.29) is 5.91 Å². The van der Waals surface area contributed by atoms with Crippen molar-refractivity contribution in [1.29, 1.82) is 0 Å². The summed E-state index contributed by atoms with van der Waals surface area (Å²) in [5.74, 6) is 0.443. The molecule has 1 aliphatic carbocycles. The Hall–Kier alpha value is -1.82. The number of nitrogens with zero attached hydrogens (tertiary/aromatic N) is 3. The minimum absolute atomic E-state index is 0.0722. The van der Waals surface area contributed by atoms with Gasteiger partial charge in [-0.3, -0.25) is 4.79 Å². The van der Waals surface area contributed by atoms with Crippen LogP contribution in [-0.2, 0) is 4.79 Å². The largest absolute Gasteiger partial charge is 0.353 e. The Bertz CT molecular complexity index is 593. The first-order valence-electron chi connectivity index (χ1n) is 7.20. The van der Waals surface area contributed by atoms with Crippen molar-refractivity contribution in [3.05, 3.63) is 36.7 Å². The van der Waals surface area contributed by atoms with Crippen molar-refractivity contribution in [2.24, 2.45) is 0 Å². The van der Waals surface area contributed by atoms with Crippen LogP contribution in [0.4, 0.5) is 0 Å². The van der Waals surface area contributed by atoms with Gasteiger partial charge in [-0.2, -0.15) is 0 Å².